The first-order valence-corrected chi connectivity index (χ1v) is 7.74. The number of rotatable bonds is 6. The molecule has 2 aromatic rings. The molecule has 0 amide bonds. The molecule has 0 spiro atoms. The van der Waals surface area contributed by atoms with E-state index in [2.05, 4.69) is 38.1 Å². The fourth-order valence-electron chi connectivity index (χ4n) is 1.99. The SMILES string of the molecule is CCCNc1ncnc(N(CC)c2ccc(F)cc2)c1Br. The van der Waals surface area contributed by atoms with E-state index >= 15 is 0 Å². The summed E-state index contributed by atoms with van der Waals surface area (Å²) in [5.74, 6) is 1.28. The van der Waals surface area contributed by atoms with E-state index in [4.69, 9.17) is 0 Å². The van der Waals surface area contributed by atoms with Gasteiger partial charge in [0, 0.05) is 18.8 Å². The Hall–Kier alpha value is -1.69. The molecule has 1 aromatic carbocycles. The molecule has 1 heterocycles. The van der Waals surface area contributed by atoms with Gasteiger partial charge in [-0.25, -0.2) is 14.4 Å². The third kappa shape index (κ3) is 3.69. The quantitative estimate of drug-likeness (QED) is 0.838. The maximum Gasteiger partial charge on any atom is 0.152 e. The second-order valence-corrected chi connectivity index (χ2v) is 5.30. The predicted octanol–water partition coefficient (Wildman–Crippen LogP) is 4.36. The van der Waals surface area contributed by atoms with E-state index in [9.17, 15) is 4.39 Å². The van der Waals surface area contributed by atoms with Gasteiger partial charge in [-0.1, -0.05) is 6.92 Å². The van der Waals surface area contributed by atoms with Crippen LogP contribution in [0.2, 0.25) is 0 Å². The molecule has 6 heteroatoms. The van der Waals surface area contributed by atoms with E-state index in [-0.39, 0.29) is 5.82 Å². The second kappa shape index (κ2) is 7.36. The van der Waals surface area contributed by atoms with Crippen molar-refractivity contribution in [2.75, 3.05) is 23.3 Å². The minimum atomic E-state index is -0.248. The third-order valence-electron chi connectivity index (χ3n) is 3.02. The average Bonchev–Trinajstić information content (AvgIpc) is 2.50. The Morgan fingerprint density at radius 3 is 2.52 bits per heavy atom. The fraction of sp³-hybridized carbons (Fsp3) is 0.333. The molecule has 4 nitrogen and oxygen atoms in total. The molecule has 0 unspecified atom stereocenters. The van der Waals surface area contributed by atoms with Gasteiger partial charge < -0.3 is 10.2 Å². The Labute approximate surface area is 132 Å². The zero-order chi connectivity index (χ0) is 15.2. The third-order valence-corrected chi connectivity index (χ3v) is 3.75. The summed E-state index contributed by atoms with van der Waals surface area (Å²) >= 11 is 3.56. The lowest BCUT2D eigenvalue weighted by Gasteiger charge is -2.24. The molecule has 0 saturated carbocycles. The summed E-state index contributed by atoms with van der Waals surface area (Å²) in [6.07, 6.45) is 2.55. The van der Waals surface area contributed by atoms with Gasteiger partial charge >= 0.3 is 0 Å². The number of hydrogen-bond donors (Lipinski definition) is 1. The van der Waals surface area contributed by atoms with Crippen LogP contribution in [-0.4, -0.2) is 23.1 Å². The first-order valence-electron chi connectivity index (χ1n) is 6.94. The van der Waals surface area contributed by atoms with Crippen LogP contribution in [0.5, 0.6) is 0 Å². The zero-order valence-electron chi connectivity index (χ0n) is 12.1. The summed E-state index contributed by atoms with van der Waals surface area (Å²) in [5, 5.41) is 3.26. The number of aromatic nitrogens is 2. The molecule has 0 radical (unpaired) electrons. The van der Waals surface area contributed by atoms with Crippen molar-refractivity contribution in [3.05, 3.63) is 40.9 Å². The minimum Gasteiger partial charge on any atom is -0.369 e. The van der Waals surface area contributed by atoms with Crippen LogP contribution < -0.4 is 10.2 Å². The highest BCUT2D eigenvalue weighted by Crippen LogP contribution is 2.33. The largest absolute Gasteiger partial charge is 0.369 e. The number of nitrogens with zero attached hydrogens (tertiary/aromatic N) is 3. The molecular weight excluding hydrogens is 335 g/mol. The second-order valence-electron chi connectivity index (χ2n) is 4.51. The number of benzene rings is 1. The summed E-state index contributed by atoms with van der Waals surface area (Å²) in [4.78, 5) is 10.6. The van der Waals surface area contributed by atoms with Gasteiger partial charge in [0.05, 0.1) is 0 Å². The van der Waals surface area contributed by atoms with Crippen molar-refractivity contribution >= 4 is 33.3 Å². The lowest BCUT2D eigenvalue weighted by Crippen LogP contribution is -2.19. The van der Waals surface area contributed by atoms with Gasteiger partial charge in [0.2, 0.25) is 0 Å². The van der Waals surface area contributed by atoms with Crippen LogP contribution in [0.25, 0.3) is 0 Å². The highest BCUT2D eigenvalue weighted by molar-refractivity contribution is 9.10. The van der Waals surface area contributed by atoms with Crippen LogP contribution in [0.4, 0.5) is 21.7 Å². The van der Waals surface area contributed by atoms with Crippen LogP contribution in [0.3, 0.4) is 0 Å². The van der Waals surface area contributed by atoms with E-state index in [1.165, 1.54) is 18.5 Å². The molecule has 0 aliphatic heterocycles. The summed E-state index contributed by atoms with van der Waals surface area (Å²) < 4.78 is 13.9. The van der Waals surface area contributed by atoms with Gasteiger partial charge in [-0.2, -0.15) is 0 Å². The number of nitrogens with one attached hydrogen (secondary N) is 1. The summed E-state index contributed by atoms with van der Waals surface area (Å²) in [7, 11) is 0. The van der Waals surface area contributed by atoms with Gasteiger partial charge in [-0.05, 0) is 53.5 Å². The maximum atomic E-state index is 13.1. The number of halogens is 2. The van der Waals surface area contributed by atoms with Crippen molar-refractivity contribution in [2.45, 2.75) is 20.3 Å². The Morgan fingerprint density at radius 2 is 1.90 bits per heavy atom. The Kier molecular flexibility index (Phi) is 5.50. The van der Waals surface area contributed by atoms with Crippen molar-refractivity contribution in [3.8, 4) is 0 Å². The molecular formula is C15H18BrFN4. The highest BCUT2D eigenvalue weighted by Gasteiger charge is 2.15. The average molecular weight is 353 g/mol. The summed E-state index contributed by atoms with van der Waals surface area (Å²) in [5.41, 5.74) is 0.889. The van der Waals surface area contributed by atoms with Crippen molar-refractivity contribution < 1.29 is 4.39 Å². The highest BCUT2D eigenvalue weighted by atomic mass is 79.9. The van der Waals surface area contributed by atoms with Gasteiger partial charge in [0.1, 0.15) is 22.4 Å². The Balaban J connectivity index is 2.35. The van der Waals surface area contributed by atoms with E-state index in [0.717, 1.165) is 34.8 Å². The molecule has 0 saturated heterocycles. The van der Waals surface area contributed by atoms with E-state index in [1.807, 2.05) is 11.8 Å². The van der Waals surface area contributed by atoms with Gasteiger partial charge in [0.15, 0.2) is 5.82 Å². The lowest BCUT2D eigenvalue weighted by molar-refractivity contribution is 0.627. The standard InChI is InChI=1S/C15H18BrFN4/c1-3-9-18-14-13(16)15(20-10-19-14)21(4-2)12-7-5-11(17)6-8-12/h5-8,10H,3-4,9H2,1-2H3,(H,18,19,20). The monoisotopic (exact) mass is 352 g/mol. The lowest BCUT2D eigenvalue weighted by atomic mass is 10.2. The van der Waals surface area contributed by atoms with Crippen LogP contribution >= 0.6 is 15.9 Å². The maximum absolute atomic E-state index is 13.1. The molecule has 0 fully saturated rings. The Bertz CT molecular complexity index is 589. The fourth-order valence-corrected chi connectivity index (χ4v) is 2.55. The first-order chi connectivity index (χ1) is 10.2. The van der Waals surface area contributed by atoms with E-state index < -0.39 is 0 Å². The van der Waals surface area contributed by atoms with Gasteiger partial charge in [0.25, 0.3) is 0 Å². The van der Waals surface area contributed by atoms with Crippen LogP contribution in [0.15, 0.2) is 35.1 Å². The molecule has 0 bridgehead atoms. The molecule has 2 rings (SSSR count). The normalized spacial score (nSPS) is 10.5. The van der Waals surface area contributed by atoms with Gasteiger partial charge in [-0.15, -0.1) is 0 Å². The predicted molar refractivity (Wildman–Crippen MR) is 87.6 cm³/mol. The molecule has 0 aliphatic rings. The number of hydrogen-bond acceptors (Lipinski definition) is 4. The molecule has 21 heavy (non-hydrogen) atoms. The zero-order valence-corrected chi connectivity index (χ0v) is 13.7. The van der Waals surface area contributed by atoms with Crippen molar-refractivity contribution in [3.63, 3.8) is 0 Å². The van der Waals surface area contributed by atoms with Crippen molar-refractivity contribution in [1.82, 2.24) is 9.97 Å². The van der Waals surface area contributed by atoms with Crippen molar-refractivity contribution in [1.29, 1.82) is 0 Å². The van der Waals surface area contributed by atoms with Crippen molar-refractivity contribution in [2.24, 2.45) is 0 Å². The van der Waals surface area contributed by atoms with E-state index in [1.54, 1.807) is 12.1 Å². The summed E-state index contributed by atoms with van der Waals surface area (Å²) in [6.45, 7) is 5.68. The molecule has 0 aliphatic carbocycles. The first kappa shape index (κ1) is 15.7. The van der Waals surface area contributed by atoms with Crippen LogP contribution in [-0.2, 0) is 0 Å². The topological polar surface area (TPSA) is 41.1 Å². The number of anilines is 3. The molecule has 1 aromatic heterocycles. The molecule has 1 N–H and O–H groups in total. The minimum absolute atomic E-state index is 0.248. The van der Waals surface area contributed by atoms with Gasteiger partial charge in [-0.3, -0.25) is 0 Å². The van der Waals surface area contributed by atoms with Crippen LogP contribution in [0.1, 0.15) is 20.3 Å². The van der Waals surface area contributed by atoms with Crippen LogP contribution in [0, 0.1) is 5.82 Å². The molecule has 0 atom stereocenters. The Morgan fingerprint density at radius 1 is 1.19 bits per heavy atom. The smallest absolute Gasteiger partial charge is 0.152 e. The summed E-state index contributed by atoms with van der Waals surface area (Å²) in [6, 6.07) is 6.38. The molecule has 112 valence electrons. The van der Waals surface area contributed by atoms with E-state index in [0.29, 0.717) is 6.54 Å².